The maximum atomic E-state index is 11.9. The summed E-state index contributed by atoms with van der Waals surface area (Å²) in [5.74, 6) is 0.463. The molecule has 1 rings (SSSR count). The minimum absolute atomic E-state index is 0.161. The molecule has 7 heteroatoms. The summed E-state index contributed by atoms with van der Waals surface area (Å²) in [5, 5.41) is -0.161. The van der Waals surface area contributed by atoms with E-state index in [0.717, 1.165) is 6.42 Å². The molecule has 1 heterocycles. The molecular weight excluding hydrogens is 264 g/mol. The number of nitrogens with zero attached hydrogens (tertiary/aromatic N) is 1. The summed E-state index contributed by atoms with van der Waals surface area (Å²) in [7, 11) is -3.40. The van der Waals surface area contributed by atoms with Crippen LogP contribution in [0.4, 0.5) is 0 Å². The molecule has 1 aliphatic heterocycles. The lowest BCUT2D eigenvalue weighted by molar-refractivity contribution is 0.0725. The average Bonchev–Trinajstić information content (AvgIpc) is 2.27. The molecule has 102 valence electrons. The van der Waals surface area contributed by atoms with Gasteiger partial charge in [0, 0.05) is 25.0 Å². The van der Waals surface area contributed by atoms with Crippen molar-refractivity contribution in [1.82, 2.24) is 9.03 Å². The van der Waals surface area contributed by atoms with Crippen molar-refractivity contribution in [1.29, 1.82) is 0 Å². The van der Waals surface area contributed by atoms with E-state index in [1.54, 1.807) is 0 Å². The van der Waals surface area contributed by atoms with Gasteiger partial charge in [0.2, 0.25) is 0 Å². The summed E-state index contributed by atoms with van der Waals surface area (Å²) in [6, 6.07) is 0. The number of alkyl halides is 1. The van der Waals surface area contributed by atoms with Crippen molar-refractivity contribution in [3.8, 4) is 0 Å². The van der Waals surface area contributed by atoms with Gasteiger partial charge in [-0.2, -0.15) is 12.7 Å². The van der Waals surface area contributed by atoms with Crippen LogP contribution in [0.25, 0.3) is 0 Å². The Bertz CT molecular complexity index is 316. The van der Waals surface area contributed by atoms with E-state index in [-0.39, 0.29) is 11.9 Å². The Morgan fingerprint density at radius 1 is 1.35 bits per heavy atom. The van der Waals surface area contributed by atoms with Crippen molar-refractivity contribution in [2.45, 2.75) is 25.6 Å². The van der Waals surface area contributed by atoms with Crippen molar-refractivity contribution >= 4 is 21.8 Å². The van der Waals surface area contributed by atoms with E-state index in [9.17, 15) is 8.42 Å². The van der Waals surface area contributed by atoms with Crippen molar-refractivity contribution in [2.24, 2.45) is 5.92 Å². The summed E-state index contributed by atoms with van der Waals surface area (Å²) >= 11 is 6.05. The number of halogens is 1. The second-order valence-corrected chi connectivity index (χ2v) is 6.96. The molecule has 1 N–H and O–H groups in total. The normalized spacial score (nSPS) is 20.7. The first-order valence-corrected chi connectivity index (χ1v) is 7.76. The molecule has 17 heavy (non-hydrogen) atoms. The molecule has 0 bridgehead atoms. The Hall–Kier alpha value is 0.120. The fourth-order valence-electron chi connectivity index (χ4n) is 1.67. The third-order valence-corrected chi connectivity index (χ3v) is 4.43. The van der Waals surface area contributed by atoms with Crippen molar-refractivity contribution in [2.75, 3.05) is 32.8 Å². The van der Waals surface area contributed by atoms with Gasteiger partial charge in [-0.05, 0) is 12.3 Å². The summed E-state index contributed by atoms with van der Waals surface area (Å²) in [4.78, 5) is 0. The zero-order valence-corrected chi connectivity index (χ0v) is 11.9. The highest BCUT2D eigenvalue weighted by Crippen LogP contribution is 2.10. The van der Waals surface area contributed by atoms with E-state index in [1.807, 2.05) is 0 Å². The van der Waals surface area contributed by atoms with Crippen LogP contribution in [0.2, 0.25) is 0 Å². The molecule has 0 amide bonds. The highest BCUT2D eigenvalue weighted by Gasteiger charge is 2.24. The molecule has 5 nitrogen and oxygen atoms in total. The molecule has 0 aliphatic carbocycles. The van der Waals surface area contributed by atoms with E-state index < -0.39 is 10.2 Å². The Labute approximate surface area is 109 Å². The summed E-state index contributed by atoms with van der Waals surface area (Å²) in [5.41, 5.74) is 0. The minimum Gasteiger partial charge on any atom is -0.379 e. The summed E-state index contributed by atoms with van der Waals surface area (Å²) < 4.78 is 32.8. The predicted octanol–water partition coefficient (Wildman–Crippen LogP) is 0.806. The first-order chi connectivity index (χ1) is 7.92. The Kier molecular flexibility index (Phi) is 6.16. The van der Waals surface area contributed by atoms with Crippen LogP contribution in [0.3, 0.4) is 0 Å². The van der Waals surface area contributed by atoms with Crippen LogP contribution in [0.5, 0.6) is 0 Å². The van der Waals surface area contributed by atoms with E-state index >= 15 is 0 Å². The number of morpholine rings is 1. The first-order valence-electron chi connectivity index (χ1n) is 5.88. The van der Waals surface area contributed by atoms with Gasteiger partial charge in [-0.1, -0.05) is 13.8 Å². The van der Waals surface area contributed by atoms with E-state index in [1.165, 1.54) is 4.31 Å². The number of rotatable bonds is 6. The Morgan fingerprint density at radius 3 is 2.47 bits per heavy atom. The summed E-state index contributed by atoms with van der Waals surface area (Å²) in [6.07, 6.45) is 0.799. The van der Waals surface area contributed by atoms with Gasteiger partial charge in [0.05, 0.1) is 13.2 Å². The largest absolute Gasteiger partial charge is 0.379 e. The van der Waals surface area contributed by atoms with E-state index in [2.05, 4.69) is 18.6 Å². The van der Waals surface area contributed by atoms with Gasteiger partial charge in [-0.25, -0.2) is 4.72 Å². The third-order valence-electron chi connectivity index (χ3n) is 2.52. The van der Waals surface area contributed by atoms with Crippen LogP contribution in [0.15, 0.2) is 0 Å². The van der Waals surface area contributed by atoms with E-state index in [0.29, 0.717) is 32.2 Å². The fraction of sp³-hybridized carbons (Fsp3) is 1.00. The fourth-order valence-corrected chi connectivity index (χ4v) is 3.42. The maximum absolute atomic E-state index is 11.9. The maximum Gasteiger partial charge on any atom is 0.279 e. The van der Waals surface area contributed by atoms with Crippen LogP contribution in [-0.2, 0) is 14.9 Å². The molecule has 1 saturated heterocycles. The van der Waals surface area contributed by atoms with Crippen LogP contribution in [0, 0.1) is 5.92 Å². The lowest BCUT2D eigenvalue weighted by atomic mass is 10.1. The average molecular weight is 285 g/mol. The predicted molar refractivity (Wildman–Crippen MR) is 68.4 cm³/mol. The van der Waals surface area contributed by atoms with E-state index in [4.69, 9.17) is 16.3 Å². The SMILES string of the molecule is CC(C)CC(Cl)CNS(=O)(=O)N1CCOCC1. The molecular formula is C10H21ClN2O3S. The van der Waals surface area contributed by atoms with Crippen LogP contribution in [0.1, 0.15) is 20.3 Å². The zero-order chi connectivity index (χ0) is 12.9. The molecule has 1 unspecified atom stereocenters. The third kappa shape index (κ3) is 5.52. The van der Waals surface area contributed by atoms with Gasteiger partial charge in [0.1, 0.15) is 0 Å². The number of ether oxygens (including phenoxy) is 1. The van der Waals surface area contributed by atoms with Crippen molar-refractivity contribution in [3.63, 3.8) is 0 Å². The molecule has 0 aromatic carbocycles. The highest BCUT2D eigenvalue weighted by atomic mass is 35.5. The smallest absolute Gasteiger partial charge is 0.279 e. The molecule has 0 radical (unpaired) electrons. The molecule has 0 spiro atoms. The second-order valence-electron chi connectivity index (χ2n) is 4.59. The minimum atomic E-state index is -3.40. The topological polar surface area (TPSA) is 58.6 Å². The zero-order valence-electron chi connectivity index (χ0n) is 10.4. The van der Waals surface area contributed by atoms with Crippen LogP contribution >= 0.6 is 11.6 Å². The van der Waals surface area contributed by atoms with Gasteiger partial charge in [0.25, 0.3) is 10.2 Å². The van der Waals surface area contributed by atoms with Gasteiger partial charge < -0.3 is 4.74 Å². The molecule has 0 aromatic heterocycles. The molecule has 1 fully saturated rings. The Morgan fingerprint density at radius 2 is 1.94 bits per heavy atom. The first kappa shape index (κ1) is 15.2. The second kappa shape index (κ2) is 6.89. The molecule has 1 atom stereocenters. The monoisotopic (exact) mass is 284 g/mol. The lowest BCUT2D eigenvalue weighted by Gasteiger charge is -2.26. The number of hydrogen-bond donors (Lipinski definition) is 1. The van der Waals surface area contributed by atoms with Gasteiger partial charge >= 0.3 is 0 Å². The van der Waals surface area contributed by atoms with Gasteiger partial charge in [0.15, 0.2) is 0 Å². The van der Waals surface area contributed by atoms with Crippen molar-refractivity contribution < 1.29 is 13.2 Å². The molecule has 0 saturated carbocycles. The standard InChI is InChI=1S/C10H21ClN2O3S/c1-9(2)7-10(11)8-12-17(14,15)13-3-5-16-6-4-13/h9-10,12H,3-8H2,1-2H3. The number of hydrogen-bond acceptors (Lipinski definition) is 3. The van der Waals surface area contributed by atoms with Crippen LogP contribution < -0.4 is 4.72 Å². The quantitative estimate of drug-likeness (QED) is 0.734. The van der Waals surface area contributed by atoms with Crippen LogP contribution in [-0.4, -0.2) is 50.9 Å². The summed E-state index contributed by atoms with van der Waals surface area (Å²) in [6.45, 7) is 6.13. The Balaban J connectivity index is 2.38. The highest BCUT2D eigenvalue weighted by molar-refractivity contribution is 7.87. The lowest BCUT2D eigenvalue weighted by Crippen LogP contribution is -2.47. The molecule has 0 aromatic rings. The van der Waals surface area contributed by atoms with Crippen molar-refractivity contribution in [3.05, 3.63) is 0 Å². The van der Waals surface area contributed by atoms with Gasteiger partial charge in [-0.3, -0.25) is 0 Å². The molecule has 1 aliphatic rings. The van der Waals surface area contributed by atoms with Gasteiger partial charge in [-0.15, -0.1) is 11.6 Å². The number of nitrogens with one attached hydrogen (secondary N) is 1.